The first-order chi connectivity index (χ1) is 15.4. The smallest absolute Gasteiger partial charge is 0.232 e. The molecule has 2 heterocycles. The van der Waals surface area contributed by atoms with Crippen LogP contribution in [0.4, 0.5) is 0 Å². The second-order valence-electron chi connectivity index (χ2n) is 7.86. The number of ketones is 1. The molecule has 7 heteroatoms. The molecule has 32 heavy (non-hydrogen) atoms. The van der Waals surface area contributed by atoms with Gasteiger partial charge in [0.1, 0.15) is 18.2 Å². The van der Waals surface area contributed by atoms with Gasteiger partial charge < -0.3 is 9.47 Å². The van der Waals surface area contributed by atoms with E-state index in [1.165, 1.54) is 0 Å². The molecule has 0 saturated heterocycles. The van der Waals surface area contributed by atoms with Crippen LogP contribution in [-0.2, 0) is 13.1 Å². The van der Waals surface area contributed by atoms with E-state index in [0.717, 1.165) is 32.5 Å². The molecule has 0 aliphatic carbocycles. The minimum Gasteiger partial charge on any atom is -0.478 e. The molecule has 5 rings (SSSR count). The van der Waals surface area contributed by atoms with Crippen molar-refractivity contribution < 1.29 is 14.3 Å². The van der Waals surface area contributed by atoms with Gasteiger partial charge in [-0.05, 0) is 60.0 Å². The van der Waals surface area contributed by atoms with Crippen LogP contribution in [0.3, 0.4) is 0 Å². The molecule has 0 radical (unpaired) electrons. The Kier molecular flexibility index (Phi) is 5.76. The highest BCUT2D eigenvalue weighted by molar-refractivity contribution is 9.10. The maximum atomic E-state index is 13.1. The molecule has 0 atom stereocenters. The van der Waals surface area contributed by atoms with E-state index in [4.69, 9.17) is 32.7 Å². The molecule has 0 aromatic heterocycles. The predicted octanol–water partition coefficient (Wildman–Crippen LogP) is 7.03. The number of hydrogen-bond donors (Lipinski definition) is 0. The lowest BCUT2D eigenvalue weighted by Crippen LogP contribution is -2.32. The third-order valence-corrected chi connectivity index (χ3v) is 6.68. The number of rotatable bonds is 3. The number of Topliss-reactive ketones (excluding diaryl/α,β-unsaturated/α-hetero) is 1. The summed E-state index contributed by atoms with van der Waals surface area (Å²) in [6, 6.07) is 15.1. The normalized spacial score (nSPS) is 16.5. The Bertz CT molecular complexity index is 1270. The molecule has 0 fully saturated rings. The maximum Gasteiger partial charge on any atom is 0.232 e. The third kappa shape index (κ3) is 4.06. The van der Waals surface area contributed by atoms with Gasteiger partial charge in [-0.2, -0.15) is 0 Å². The van der Waals surface area contributed by atoms with Crippen LogP contribution < -0.4 is 9.47 Å². The van der Waals surface area contributed by atoms with Crippen LogP contribution in [0.5, 0.6) is 11.5 Å². The van der Waals surface area contributed by atoms with Crippen molar-refractivity contribution in [2.75, 3.05) is 6.73 Å². The minimum absolute atomic E-state index is 0.110. The molecule has 162 valence electrons. The number of nitrogens with zero attached hydrogens (tertiary/aromatic N) is 1. The van der Waals surface area contributed by atoms with Crippen LogP contribution in [0.25, 0.3) is 6.08 Å². The summed E-state index contributed by atoms with van der Waals surface area (Å²) in [5.74, 6) is 1.54. The van der Waals surface area contributed by atoms with Crippen LogP contribution >= 0.6 is 39.1 Å². The van der Waals surface area contributed by atoms with Crippen LogP contribution in [0, 0.1) is 6.92 Å². The largest absolute Gasteiger partial charge is 0.478 e. The van der Waals surface area contributed by atoms with Gasteiger partial charge in [-0.3, -0.25) is 9.69 Å². The number of allylic oxidation sites excluding steroid dienone is 1. The zero-order chi connectivity index (χ0) is 22.4. The lowest BCUT2D eigenvalue weighted by atomic mass is 9.98. The van der Waals surface area contributed by atoms with Gasteiger partial charge in [0.05, 0.1) is 11.1 Å². The lowest BCUT2D eigenvalue weighted by molar-refractivity contribution is 0.0872. The fourth-order valence-electron chi connectivity index (χ4n) is 3.98. The maximum absolute atomic E-state index is 13.1. The molecular weight excluding hydrogens is 513 g/mol. The number of carbonyl (C=O) groups is 1. The molecule has 0 spiro atoms. The van der Waals surface area contributed by atoms with Crippen LogP contribution in [0.1, 0.15) is 32.6 Å². The van der Waals surface area contributed by atoms with Crippen LogP contribution in [0.15, 0.2) is 58.8 Å². The fraction of sp³-hybridized carbons (Fsp3) is 0.160. The number of hydrogen-bond acceptors (Lipinski definition) is 4. The summed E-state index contributed by atoms with van der Waals surface area (Å²) < 4.78 is 13.1. The van der Waals surface area contributed by atoms with Crippen molar-refractivity contribution in [3.8, 4) is 11.5 Å². The first-order valence-electron chi connectivity index (χ1n) is 10.0. The average Bonchev–Trinajstić information content (AvgIpc) is 3.09. The number of aryl methyl sites for hydroxylation is 1. The Morgan fingerprint density at radius 2 is 1.91 bits per heavy atom. The quantitative estimate of drug-likeness (QED) is 0.341. The van der Waals surface area contributed by atoms with Crippen molar-refractivity contribution in [1.82, 2.24) is 4.90 Å². The first kappa shape index (κ1) is 21.5. The standard InChI is InChI=1S/C25H18BrCl2NO3/c1-14-8-21-19(12-29(13-31-21)11-16-4-7-18(27)10-20(16)28)25-23(14)24(30)22(32-25)9-15-2-5-17(26)6-3-15/h2-10H,11-13H2,1H3/b22-9-. The summed E-state index contributed by atoms with van der Waals surface area (Å²) in [5.41, 5.74) is 4.17. The topological polar surface area (TPSA) is 38.8 Å². The Hall–Kier alpha value is -2.31. The minimum atomic E-state index is -0.110. The van der Waals surface area contributed by atoms with Crippen molar-refractivity contribution in [2.24, 2.45) is 0 Å². The van der Waals surface area contributed by atoms with Gasteiger partial charge in [0, 0.05) is 27.6 Å². The van der Waals surface area contributed by atoms with Gasteiger partial charge in [-0.15, -0.1) is 0 Å². The predicted molar refractivity (Wildman–Crippen MR) is 129 cm³/mol. The Morgan fingerprint density at radius 1 is 1.12 bits per heavy atom. The fourth-order valence-corrected chi connectivity index (χ4v) is 4.71. The summed E-state index contributed by atoms with van der Waals surface area (Å²) >= 11 is 15.8. The Balaban J connectivity index is 1.45. The number of carbonyl (C=O) groups excluding carboxylic acids is 1. The van der Waals surface area contributed by atoms with Gasteiger partial charge in [0.15, 0.2) is 5.76 Å². The number of benzene rings is 3. The van der Waals surface area contributed by atoms with E-state index in [1.54, 1.807) is 12.1 Å². The Labute approximate surface area is 204 Å². The van der Waals surface area contributed by atoms with E-state index in [9.17, 15) is 4.79 Å². The van der Waals surface area contributed by atoms with Crippen molar-refractivity contribution in [1.29, 1.82) is 0 Å². The molecule has 2 aliphatic rings. The number of halogens is 3. The van der Waals surface area contributed by atoms with Gasteiger partial charge >= 0.3 is 0 Å². The van der Waals surface area contributed by atoms with E-state index in [-0.39, 0.29) is 5.78 Å². The molecule has 2 aliphatic heterocycles. The molecule has 0 N–H and O–H groups in total. The molecule has 0 amide bonds. The van der Waals surface area contributed by atoms with Crippen molar-refractivity contribution in [3.63, 3.8) is 0 Å². The van der Waals surface area contributed by atoms with E-state index in [1.807, 2.05) is 49.4 Å². The molecule has 0 saturated carbocycles. The van der Waals surface area contributed by atoms with Gasteiger partial charge in [-0.1, -0.05) is 57.3 Å². The average molecular weight is 531 g/mol. The van der Waals surface area contributed by atoms with Crippen LogP contribution in [-0.4, -0.2) is 17.4 Å². The molecule has 4 nitrogen and oxygen atoms in total. The summed E-state index contributed by atoms with van der Waals surface area (Å²) in [7, 11) is 0. The van der Waals surface area contributed by atoms with Gasteiger partial charge in [0.25, 0.3) is 0 Å². The first-order valence-corrected chi connectivity index (χ1v) is 11.6. The van der Waals surface area contributed by atoms with Crippen molar-refractivity contribution in [3.05, 3.63) is 96.6 Å². The highest BCUT2D eigenvalue weighted by atomic mass is 79.9. The second-order valence-corrected chi connectivity index (χ2v) is 9.62. The number of ether oxygens (including phenoxy) is 2. The second kappa shape index (κ2) is 8.56. The molecule has 0 bridgehead atoms. The summed E-state index contributed by atoms with van der Waals surface area (Å²) in [6.07, 6.45) is 1.77. The zero-order valence-electron chi connectivity index (χ0n) is 17.1. The zero-order valence-corrected chi connectivity index (χ0v) is 20.2. The molecular formula is C25H18BrCl2NO3. The van der Waals surface area contributed by atoms with Crippen LogP contribution in [0.2, 0.25) is 10.0 Å². The molecule has 0 unspecified atom stereocenters. The Morgan fingerprint density at radius 3 is 2.66 bits per heavy atom. The van der Waals surface area contributed by atoms with E-state index in [0.29, 0.717) is 46.9 Å². The highest BCUT2D eigenvalue weighted by Gasteiger charge is 2.35. The summed E-state index contributed by atoms with van der Waals surface area (Å²) in [5, 5.41) is 1.22. The van der Waals surface area contributed by atoms with E-state index < -0.39 is 0 Å². The third-order valence-electron chi connectivity index (χ3n) is 5.56. The van der Waals surface area contributed by atoms with Crippen molar-refractivity contribution >= 4 is 51.0 Å². The molecule has 3 aromatic rings. The van der Waals surface area contributed by atoms with Gasteiger partial charge in [0.2, 0.25) is 5.78 Å². The lowest BCUT2D eigenvalue weighted by Gasteiger charge is -2.30. The highest BCUT2D eigenvalue weighted by Crippen LogP contribution is 2.44. The van der Waals surface area contributed by atoms with E-state index >= 15 is 0 Å². The van der Waals surface area contributed by atoms with Crippen molar-refractivity contribution in [2.45, 2.75) is 20.0 Å². The SMILES string of the molecule is Cc1cc2c(c3c1C(=O)/C(=C/c1ccc(Br)cc1)O3)CN(Cc1ccc(Cl)cc1Cl)CO2. The summed E-state index contributed by atoms with van der Waals surface area (Å²) in [4.78, 5) is 15.2. The molecule has 3 aromatic carbocycles. The monoisotopic (exact) mass is 529 g/mol. The number of fused-ring (bicyclic) bond motifs is 3. The summed E-state index contributed by atoms with van der Waals surface area (Å²) in [6.45, 7) is 3.50. The van der Waals surface area contributed by atoms with Gasteiger partial charge in [-0.25, -0.2) is 0 Å². The van der Waals surface area contributed by atoms with E-state index in [2.05, 4.69) is 20.8 Å².